The predicted molar refractivity (Wildman–Crippen MR) is 47.6 cm³/mol. The van der Waals surface area contributed by atoms with Crippen LogP contribution in [0.4, 0.5) is 0 Å². The first-order chi connectivity index (χ1) is 5.27. The van der Waals surface area contributed by atoms with Crippen LogP contribution in [0.3, 0.4) is 0 Å². The van der Waals surface area contributed by atoms with Gasteiger partial charge in [-0.25, -0.2) is 0 Å². The Morgan fingerprint density at radius 3 is 2.55 bits per heavy atom. The molecule has 0 N–H and O–H groups in total. The summed E-state index contributed by atoms with van der Waals surface area (Å²) in [6.07, 6.45) is 2.18. The molecule has 0 heterocycles. The molecule has 0 aliphatic rings. The molecule has 0 atom stereocenters. The second-order valence-corrected chi connectivity index (χ2v) is 2.75. The van der Waals surface area contributed by atoms with Gasteiger partial charge in [-0.3, -0.25) is 0 Å². The van der Waals surface area contributed by atoms with E-state index in [0.717, 1.165) is 18.4 Å². The van der Waals surface area contributed by atoms with Crippen molar-refractivity contribution >= 4 is 0 Å². The minimum atomic E-state index is 1.08. The summed E-state index contributed by atoms with van der Waals surface area (Å²) in [5.74, 6) is 0. The Morgan fingerprint density at radius 2 is 2.00 bits per heavy atom. The number of rotatable bonds is 2. The van der Waals surface area contributed by atoms with Crippen LogP contribution in [0.25, 0.3) is 0 Å². The van der Waals surface area contributed by atoms with Crippen LogP contribution in [0.1, 0.15) is 30.5 Å². The van der Waals surface area contributed by atoms with Crippen molar-refractivity contribution in [3.8, 4) is 0 Å². The Kier molecular flexibility index (Phi) is 2.70. The number of aryl methyl sites for hydroxylation is 3. The highest BCUT2D eigenvalue weighted by Gasteiger charge is 1.98. The fourth-order valence-electron chi connectivity index (χ4n) is 1.26. The third-order valence-electron chi connectivity index (χ3n) is 1.92. The standard InChI is InChI=1S/C11H14/c1-4-10-7-6-9(3)8-11(10)5-2/h7H,4-5H2,1-3H3. The van der Waals surface area contributed by atoms with E-state index in [9.17, 15) is 0 Å². The van der Waals surface area contributed by atoms with Crippen molar-refractivity contribution in [3.63, 3.8) is 0 Å². The summed E-state index contributed by atoms with van der Waals surface area (Å²) in [6.45, 7) is 6.38. The smallest absolute Gasteiger partial charge is 0.0108 e. The molecule has 0 aliphatic heterocycles. The molecule has 0 saturated carbocycles. The van der Waals surface area contributed by atoms with E-state index >= 15 is 0 Å². The number of benzene rings is 1. The first-order valence-electron chi connectivity index (χ1n) is 4.20. The SMILES string of the molecule is CCc1[c]c(C)[c]cc1CC. The van der Waals surface area contributed by atoms with Crippen LogP contribution in [-0.2, 0) is 12.8 Å². The molecule has 1 rings (SSSR count). The van der Waals surface area contributed by atoms with Crippen LogP contribution < -0.4 is 0 Å². The van der Waals surface area contributed by atoms with E-state index in [4.69, 9.17) is 0 Å². The van der Waals surface area contributed by atoms with Crippen molar-refractivity contribution in [1.29, 1.82) is 0 Å². The second-order valence-electron chi connectivity index (χ2n) is 2.75. The van der Waals surface area contributed by atoms with Gasteiger partial charge in [-0.2, -0.15) is 0 Å². The average molecular weight is 146 g/mol. The zero-order chi connectivity index (χ0) is 8.27. The normalized spacial score (nSPS) is 10.1. The molecule has 0 bridgehead atoms. The third-order valence-corrected chi connectivity index (χ3v) is 1.92. The van der Waals surface area contributed by atoms with Gasteiger partial charge in [0.25, 0.3) is 0 Å². The van der Waals surface area contributed by atoms with E-state index in [-0.39, 0.29) is 0 Å². The maximum atomic E-state index is 3.32. The molecule has 0 fully saturated rings. The summed E-state index contributed by atoms with van der Waals surface area (Å²) in [5, 5.41) is 0. The first-order valence-corrected chi connectivity index (χ1v) is 4.20. The zero-order valence-corrected chi connectivity index (χ0v) is 7.49. The molecule has 0 aromatic heterocycles. The van der Waals surface area contributed by atoms with E-state index in [0.29, 0.717) is 0 Å². The Morgan fingerprint density at radius 1 is 1.27 bits per heavy atom. The molecule has 11 heavy (non-hydrogen) atoms. The summed E-state index contributed by atoms with van der Waals surface area (Å²) in [6, 6.07) is 8.58. The van der Waals surface area contributed by atoms with Gasteiger partial charge < -0.3 is 0 Å². The maximum absolute atomic E-state index is 3.32. The molecule has 0 heteroatoms. The fraction of sp³-hybridized carbons (Fsp3) is 0.455. The summed E-state index contributed by atoms with van der Waals surface area (Å²) in [7, 11) is 0. The van der Waals surface area contributed by atoms with Crippen molar-refractivity contribution in [2.24, 2.45) is 0 Å². The number of hydrogen-bond acceptors (Lipinski definition) is 0. The number of hydrogen-bond donors (Lipinski definition) is 0. The van der Waals surface area contributed by atoms with Gasteiger partial charge in [-0.15, -0.1) is 0 Å². The van der Waals surface area contributed by atoms with E-state index in [1.54, 1.807) is 0 Å². The second kappa shape index (κ2) is 3.56. The molecule has 2 radical (unpaired) electrons. The quantitative estimate of drug-likeness (QED) is 0.601. The van der Waals surface area contributed by atoms with Crippen molar-refractivity contribution in [2.45, 2.75) is 33.6 Å². The largest absolute Gasteiger partial charge is 0.0613 e. The topological polar surface area (TPSA) is 0 Å². The molecule has 0 spiro atoms. The van der Waals surface area contributed by atoms with Gasteiger partial charge in [0.2, 0.25) is 0 Å². The lowest BCUT2D eigenvalue weighted by molar-refractivity contribution is 1.03. The lowest BCUT2D eigenvalue weighted by Gasteiger charge is -2.04. The lowest BCUT2D eigenvalue weighted by atomic mass is 10.0. The lowest BCUT2D eigenvalue weighted by Crippen LogP contribution is -1.91. The van der Waals surface area contributed by atoms with Gasteiger partial charge in [-0.1, -0.05) is 19.9 Å². The third kappa shape index (κ3) is 1.83. The Balaban J connectivity index is 3.06. The Labute approximate surface area is 69.3 Å². The highest BCUT2D eigenvalue weighted by molar-refractivity contribution is 5.29. The molecule has 0 aliphatic carbocycles. The van der Waals surface area contributed by atoms with Crippen LogP contribution in [0.5, 0.6) is 0 Å². The molecule has 0 unspecified atom stereocenters. The monoisotopic (exact) mass is 146 g/mol. The Bertz CT molecular complexity index is 236. The van der Waals surface area contributed by atoms with Crippen molar-refractivity contribution in [3.05, 3.63) is 34.9 Å². The van der Waals surface area contributed by atoms with Gasteiger partial charge in [0.1, 0.15) is 0 Å². The molecule has 0 amide bonds. The molecular formula is C11H14. The highest BCUT2D eigenvalue weighted by Crippen LogP contribution is 2.11. The summed E-state index contributed by atoms with van der Waals surface area (Å²) >= 11 is 0. The molecule has 0 nitrogen and oxygen atoms in total. The summed E-state index contributed by atoms with van der Waals surface area (Å²) < 4.78 is 0. The van der Waals surface area contributed by atoms with Crippen LogP contribution in [-0.4, -0.2) is 0 Å². The van der Waals surface area contributed by atoms with E-state index in [1.165, 1.54) is 11.1 Å². The van der Waals surface area contributed by atoms with Crippen molar-refractivity contribution < 1.29 is 0 Å². The predicted octanol–water partition coefficient (Wildman–Crippen LogP) is 2.72. The van der Waals surface area contributed by atoms with E-state index in [1.807, 2.05) is 6.92 Å². The van der Waals surface area contributed by atoms with Gasteiger partial charge in [0.15, 0.2) is 0 Å². The van der Waals surface area contributed by atoms with Gasteiger partial charge in [0.05, 0.1) is 0 Å². The van der Waals surface area contributed by atoms with E-state index in [2.05, 4.69) is 32.0 Å². The zero-order valence-electron chi connectivity index (χ0n) is 7.49. The van der Waals surface area contributed by atoms with Crippen molar-refractivity contribution in [1.82, 2.24) is 0 Å². The maximum Gasteiger partial charge on any atom is -0.0108 e. The van der Waals surface area contributed by atoms with E-state index < -0.39 is 0 Å². The van der Waals surface area contributed by atoms with Gasteiger partial charge >= 0.3 is 0 Å². The van der Waals surface area contributed by atoms with Crippen LogP contribution in [0.2, 0.25) is 0 Å². The highest BCUT2D eigenvalue weighted by atomic mass is 14.0. The van der Waals surface area contributed by atoms with Gasteiger partial charge in [-0.05, 0) is 48.6 Å². The van der Waals surface area contributed by atoms with Gasteiger partial charge in [0, 0.05) is 0 Å². The molecule has 0 saturated heterocycles. The molecular weight excluding hydrogens is 132 g/mol. The Hall–Kier alpha value is -0.780. The summed E-state index contributed by atoms with van der Waals surface area (Å²) in [4.78, 5) is 0. The molecule has 58 valence electrons. The minimum absolute atomic E-state index is 1.08. The van der Waals surface area contributed by atoms with Crippen LogP contribution in [0.15, 0.2) is 6.07 Å². The average Bonchev–Trinajstić information content (AvgIpc) is 2.04. The van der Waals surface area contributed by atoms with Crippen LogP contribution >= 0.6 is 0 Å². The van der Waals surface area contributed by atoms with Crippen LogP contribution in [0, 0.1) is 19.1 Å². The summed E-state index contributed by atoms with van der Waals surface area (Å²) in [5.41, 5.74) is 3.86. The molecule has 1 aromatic rings. The first kappa shape index (κ1) is 8.32. The fourth-order valence-corrected chi connectivity index (χ4v) is 1.26. The minimum Gasteiger partial charge on any atom is -0.0613 e. The molecule has 1 aromatic carbocycles. The van der Waals surface area contributed by atoms with Crippen molar-refractivity contribution in [2.75, 3.05) is 0 Å².